The first-order valence-corrected chi connectivity index (χ1v) is 7.73. The molecule has 0 aromatic heterocycles. The monoisotopic (exact) mass is 283 g/mol. The number of carbonyl (C=O) groups is 1. The van der Waals surface area contributed by atoms with Crippen molar-refractivity contribution < 1.29 is 4.79 Å². The van der Waals surface area contributed by atoms with Crippen LogP contribution in [0.25, 0.3) is 0 Å². The molecule has 0 N–H and O–H groups in total. The first-order chi connectivity index (χ1) is 10.3. The maximum atomic E-state index is 11.8. The van der Waals surface area contributed by atoms with Gasteiger partial charge in [-0.1, -0.05) is 12.1 Å². The molecule has 0 radical (unpaired) electrons. The molecule has 4 heteroatoms. The Morgan fingerprint density at radius 1 is 1.10 bits per heavy atom. The Morgan fingerprint density at radius 3 is 2.62 bits per heavy atom. The van der Waals surface area contributed by atoms with E-state index in [1.54, 1.807) is 0 Å². The number of Topliss-reactive ketones (excluding diaryl/α,β-unsaturated/α-hetero) is 1. The number of ketones is 1. The van der Waals surface area contributed by atoms with Crippen LogP contribution in [-0.4, -0.2) is 48.3 Å². The molecule has 1 aliphatic carbocycles. The smallest absolute Gasteiger partial charge is 0.163 e. The molecule has 3 rings (SSSR count). The third-order valence-corrected chi connectivity index (χ3v) is 4.51. The van der Waals surface area contributed by atoms with Crippen LogP contribution in [0.2, 0.25) is 0 Å². The van der Waals surface area contributed by atoms with Crippen molar-refractivity contribution in [2.24, 2.45) is 0 Å². The topological polar surface area (TPSA) is 47.3 Å². The highest BCUT2D eigenvalue weighted by molar-refractivity contribution is 6.00. The summed E-state index contributed by atoms with van der Waals surface area (Å²) in [5.41, 5.74) is 3.40. The highest BCUT2D eigenvalue weighted by Gasteiger charge is 2.21. The van der Waals surface area contributed by atoms with Crippen LogP contribution < -0.4 is 0 Å². The fraction of sp³-hybridized carbons (Fsp3) is 0.529. The van der Waals surface area contributed by atoms with Crippen LogP contribution >= 0.6 is 0 Å². The normalized spacial score (nSPS) is 19.5. The zero-order valence-electron chi connectivity index (χ0n) is 12.3. The van der Waals surface area contributed by atoms with Gasteiger partial charge in [0.15, 0.2) is 5.78 Å². The lowest BCUT2D eigenvalue weighted by molar-refractivity contribution is 0.0994. The van der Waals surface area contributed by atoms with Gasteiger partial charge in [0.25, 0.3) is 0 Å². The number of fused-ring (bicyclic) bond motifs is 1. The molecular formula is C17H21N3O. The molecule has 2 aliphatic rings. The standard InChI is InChI=1S/C17H21N3O/c18-6-1-7-19-8-10-20(11-9-19)13-14-2-3-15-4-5-17(21)16(15)12-14/h2-3,12H,1,4-5,7-11,13H2. The zero-order chi connectivity index (χ0) is 14.7. The van der Waals surface area contributed by atoms with Gasteiger partial charge >= 0.3 is 0 Å². The molecule has 0 atom stereocenters. The van der Waals surface area contributed by atoms with Crippen LogP contribution in [0, 0.1) is 11.3 Å². The Labute approximate surface area is 126 Å². The van der Waals surface area contributed by atoms with Gasteiger partial charge in [-0.3, -0.25) is 14.6 Å². The lowest BCUT2D eigenvalue weighted by atomic mass is 10.1. The van der Waals surface area contributed by atoms with Crippen LogP contribution in [0.4, 0.5) is 0 Å². The van der Waals surface area contributed by atoms with Crippen molar-refractivity contribution in [1.29, 1.82) is 5.26 Å². The third-order valence-electron chi connectivity index (χ3n) is 4.51. The number of nitriles is 1. The van der Waals surface area contributed by atoms with E-state index in [-0.39, 0.29) is 0 Å². The molecule has 1 saturated heterocycles. The SMILES string of the molecule is N#CCCN1CCN(Cc2ccc3c(c2)C(=O)CC3)CC1. The Morgan fingerprint density at radius 2 is 1.86 bits per heavy atom. The van der Waals surface area contributed by atoms with Crippen LogP contribution in [0.1, 0.15) is 34.3 Å². The summed E-state index contributed by atoms with van der Waals surface area (Å²) in [5, 5.41) is 8.63. The summed E-state index contributed by atoms with van der Waals surface area (Å²) in [6, 6.07) is 8.59. The summed E-state index contributed by atoms with van der Waals surface area (Å²) in [5.74, 6) is 0.299. The van der Waals surface area contributed by atoms with Gasteiger partial charge < -0.3 is 0 Å². The molecule has 0 bridgehead atoms. The number of hydrogen-bond donors (Lipinski definition) is 0. The van der Waals surface area contributed by atoms with Gasteiger partial charge in [-0.25, -0.2) is 0 Å². The second-order valence-corrected chi connectivity index (χ2v) is 5.94. The fourth-order valence-electron chi connectivity index (χ4n) is 3.22. The summed E-state index contributed by atoms with van der Waals surface area (Å²) >= 11 is 0. The van der Waals surface area contributed by atoms with Gasteiger partial charge in [-0.15, -0.1) is 0 Å². The lowest BCUT2D eigenvalue weighted by Crippen LogP contribution is -2.46. The van der Waals surface area contributed by atoms with Crippen molar-refractivity contribution in [3.63, 3.8) is 0 Å². The van der Waals surface area contributed by atoms with E-state index in [9.17, 15) is 4.79 Å². The van der Waals surface area contributed by atoms with Gasteiger partial charge in [0, 0.05) is 57.7 Å². The first-order valence-electron chi connectivity index (χ1n) is 7.73. The van der Waals surface area contributed by atoms with Crippen molar-refractivity contribution in [2.75, 3.05) is 32.7 Å². The molecule has 1 aromatic carbocycles. The van der Waals surface area contributed by atoms with Crippen molar-refractivity contribution in [2.45, 2.75) is 25.8 Å². The minimum absolute atomic E-state index is 0.299. The third kappa shape index (κ3) is 3.31. The molecule has 21 heavy (non-hydrogen) atoms. The number of piperazine rings is 1. The molecule has 110 valence electrons. The van der Waals surface area contributed by atoms with Gasteiger partial charge in [-0.05, 0) is 23.6 Å². The summed E-state index contributed by atoms with van der Waals surface area (Å²) in [6.07, 6.45) is 2.20. The molecule has 1 heterocycles. The molecule has 1 fully saturated rings. The molecule has 1 aromatic rings. The van der Waals surface area contributed by atoms with E-state index in [4.69, 9.17) is 5.26 Å². The van der Waals surface area contributed by atoms with Crippen LogP contribution in [0.3, 0.4) is 0 Å². The van der Waals surface area contributed by atoms with Crippen molar-refractivity contribution in [1.82, 2.24) is 9.80 Å². The predicted octanol–water partition coefficient (Wildman–Crippen LogP) is 1.85. The number of hydrogen-bond acceptors (Lipinski definition) is 4. The summed E-state index contributed by atoms with van der Waals surface area (Å²) < 4.78 is 0. The number of benzene rings is 1. The molecule has 0 amide bonds. The predicted molar refractivity (Wildman–Crippen MR) is 81.0 cm³/mol. The molecule has 4 nitrogen and oxygen atoms in total. The Hall–Kier alpha value is -1.70. The number of rotatable bonds is 4. The summed E-state index contributed by atoms with van der Waals surface area (Å²) in [4.78, 5) is 16.6. The largest absolute Gasteiger partial charge is 0.300 e. The number of nitrogens with zero attached hydrogens (tertiary/aromatic N) is 3. The molecule has 0 saturated carbocycles. The van der Waals surface area contributed by atoms with E-state index in [1.807, 2.05) is 0 Å². The van der Waals surface area contributed by atoms with Gasteiger partial charge in [-0.2, -0.15) is 5.26 Å². The lowest BCUT2D eigenvalue weighted by Gasteiger charge is -2.34. The average Bonchev–Trinajstić information content (AvgIpc) is 2.88. The van der Waals surface area contributed by atoms with Crippen molar-refractivity contribution in [3.05, 3.63) is 34.9 Å². The number of aryl methyl sites for hydroxylation is 1. The molecular weight excluding hydrogens is 262 g/mol. The fourth-order valence-corrected chi connectivity index (χ4v) is 3.22. The first kappa shape index (κ1) is 14.2. The molecule has 0 spiro atoms. The van der Waals surface area contributed by atoms with Crippen LogP contribution in [-0.2, 0) is 13.0 Å². The van der Waals surface area contributed by atoms with Gasteiger partial charge in [0.05, 0.1) is 6.07 Å². The summed E-state index contributed by atoms with van der Waals surface area (Å²) in [7, 11) is 0. The summed E-state index contributed by atoms with van der Waals surface area (Å²) in [6.45, 7) is 5.95. The van der Waals surface area contributed by atoms with E-state index in [0.717, 1.165) is 51.3 Å². The Bertz CT molecular complexity index is 568. The van der Waals surface area contributed by atoms with E-state index in [2.05, 4.69) is 34.1 Å². The van der Waals surface area contributed by atoms with E-state index >= 15 is 0 Å². The van der Waals surface area contributed by atoms with Crippen molar-refractivity contribution in [3.8, 4) is 6.07 Å². The van der Waals surface area contributed by atoms with E-state index in [1.165, 1.54) is 11.1 Å². The van der Waals surface area contributed by atoms with Crippen LogP contribution in [0.15, 0.2) is 18.2 Å². The molecule has 0 unspecified atom stereocenters. The maximum absolute atomic E-state index is 11.8. The van der Waals surface area contributed by atoms with E-state index in [0.29, 0.717) is 18.6 Å². The Balaban J connectivity index is 1.55. The van der Waals surface area contributed by atoms with Crippen LogP contribution in [0.5, 0.6) is 0 Å². The second-order valence-electron chi connectivity index (χ2n) is 5.94. The highest BCUT2D eigenvalue weighted by Crippen LogP contribution is 2.23. The Kier molecular flexibility index (Phi) is 4.33. The van der Waals surface area contributed by atoms with E-state index < -0.39 is 0 Å². The van der Waals surface area contributed by atoms with Gasteiger partial charge in [0.1, 0.15) is 0 Å². The second kappa shape index (κ2) is 6.38. The van der Waals surface area contributed by atoms with Gasteiger partial charge in [0.2, 0.25) is 0 Å². The quantitative estimate of drug-likeness (QED) is 0.846. The minimum atomic E-state index is 0.299. The zero-order valence-corrected chi connectivity index (χ0v) is 12.3. The van der Waals surface area contributed by atoms with Crippen molar-refractivity contribution >= 4 is 5.78 Å². The average molecular weight is 283 g/mol. The maximum Gasteiger partial charge on any atom is 0.163 e. The number of carbonyl (C=O) groups excluding carboxylic acids is 1. The minimum Gasteiger partial charge on any atom is -0.300 e. The molecule has 1 aliphatic heterocycles. The highest BCUT2D eigenvalue weighted by atomic mass is 16.1.